The fourth-order valence-corrected chi connectivity index (χ4v) is 1.86. The van der Waals surface area contributed by atoms with Gasteiger partial charge in [0.1, 0.15) is 0 Å². The summed E-state index contributed by atoms with van der Waals surface area (Å²) in [5, 5.41) is 8.62. The third-order valence-electron chi connectivity index (χ3n) is 3.03. The number of aliphatic carboxylic acids is 1. The largest absolute Gasteiger partial charge is 0.481 e. The number of ether oxygens (including phenoxy) is 1. The van der Waals surface area contributed by atoms with Crippen LogP contribution < -0.4 is 0 Å². The molecule has 1 rings (SSSR count). The maximum atomic E-state index is 11.5. The van der Waals surface area contributed by atoms with Crippen molar-refractivity contribution in [2.75, 3.05) is 7.11 Å². The van der Waals surface area contributed by atoms with Crippen molar-refractivity contribution in [2.45, 2.75) is 33.1 Å². The highest BCUT2D eigenvalue weighted by Crippen LogP contribution is 2.19. The summed E-state index contributed by atoms with van der Waals surface area (Å²) in [5.41, 5.74) is 3.65. The summed E-state index contributed by atoms with van der Waals surface area (Å²) < 4.78 is 4.70. The third kappa shape index (κ3) is 3.58. The lowest BCUT2D eigenvalue weighted by molar-refractivity contribution is -0.137. The second kappa shape index (κ2) is 6.19. The molecule has 4 heteroatoms. The molecular weight excluding hydrogens is 232 g/mol. The predicted octanol–water partition coefficient (Wildman–Crippen LogP) is 2.50. The fraction of sp³-hybridized carbons (Fsp3) is 0.429. The van der Waals surface area contributed by atoms with E-state index in [9.17, 15) is 9.59 Å². The van der Waals surface area contributed by atoms with E-state index in [1.54, 1.807) is 12.1 Å². The van der Waals surface area contributed by atoms with Gasteiger partial charge in [0.2, 0.25) is 0 Å². The Kier molecular flexibility index (Phi) is 4.89. The summed E-state index contributed by atoms with van der Waals surface area (Å²) in [6.07, 6.45) is 1.37. The number of methoxy groups -OCH3 is 1. The smallest absolute Gasteiger partial charge is 0.337 e. The molecule has 0 saturated heterocycles. The molecule has 18 heavy (non-hydrogen) atoms. The number of rotatable bonds is 5. The predicted molar refractivity (Wildman–Crippen MR) is 67.8 cm³/mol. The maximum absolute atomic E-state index is 11.5. The molecule has 1 aromatic rings. The van der Waals surface area contributed by atoms with Crippen LogP contribution in [0.1, 0.15) is 39.9 Å². The molecule has 0 unspecified atom stereocenters. The van der Waals surface area contributed by atoms with Crippen LogP contribution in [0.25, 0.3) is 0 Å². The van der Waals surface area contributed by atoms with E-state index in [4.69, 9.17) is 9.84 Å². The highest BCUT2D eigenvalue weighted by Gasteiger charge is 2.11. The second-order valence-corrected chi connectivity index (χ2v) is 4.32. The Morgan fingerprint density at radius 3 is 2.50 bits per heavy atom. The normalized spacial score (nSPS) is 10.2. The molecule has 0 aromatic heterocycles. The molecule has 0 aliphatic heterocycles. The molecule has 0 amide bonds. The van der Waals surface area contributed by atoms with E-state index in [-0.39, 0.29) is 12.4 Å². The first kappa shape index (κ1) is 14.2. The van der Waals surface area contributed by atoms with E-state index < -0.39 is 5.97 Å². The molecule has 4 nitrogen and oxygen atoms in total. The van der Waals surface area contributed by atoms with Crippen LogP contribution in [0.3, 0.4) is 0 Å². The summed E-state index contributed by atoms with van der Waals surface area (Å²) in [5.74, 6) is -1.16. The molecule has 0 bridgehead atoms. The van der Waals surface area contributed by atoms with Gasteiger partial charge in [0.15, 0.2) is 0 Å². The van der Waals surface area contributed by atoms with Gasteiger partial charge in [-0.05, 0) is 55.5 Å². The summed E-state index contributed by atoms with van der Waals surface area (Å²) >= 11 is 0. The Balaban J connectivity index is 2.92. The van der Waals surface area contributed by atoms with Crippen LogP contribution in [0.4, 0.5) is 0 Å². The molecule has 0 aliphatic carbocycles. The average molecular weight is 250 g/mol. The zero-order valence-electron chi connectivity index (χ0n) is 10.9. The summed E-state index contributed by atoms with van der Waals surface area (Å²) in [6.45, 7) is 3.91. The Morgan fingerprint density at radius 1 is 1.28 bits per heavy atom. The first-order valence-electron chi connectivity index (χ1n) is 5.86. The minimum atomic E-state index is -0.798. The average Bonchev–Trinajstić information content (AvgIpc) is 2.32. The van der Waals surface area contributed by atoms with Gasteiger partial charge in [0.05, 0.1) is 12.7 Å². The van der Waals surface area contributed by atoms with Gasteiger partial charge in [0, 0.05) is 6.42 Å². The lowest BCUT2D eigenvalue weighted by Crippen LogP contribution is -2.05. The Morgan fingerprint density at radius 2 is 1.94 bits per heavy atom. The van der Waals surface area contributed by atoms with Crippen LogP contribution in [0.5, 0.6) is 0 Å². The number of carboxylic acids is 1. The van der Waals surface area contributed by atoms with Gasteiger partial charge in [-0.2, -0.15) is 0 Å². The SMILES string of the molecule is COC(=O)c1cc(C)c(C)c(CCCC(=O)O)c1. The number of carboxylic acid groups (broad SMARTS) is 1. The van der Waals surface area contributed by atoms with Crippen LogP contribution in [-0.4, -0.2) is 24.2 Å². The number of aryl methyl sites for hydroxylation is 2. The van der Waals surface area contributed by atoms with Crippen LogP contribution >= 0.6 is 0 Å². The Bertz CT molecular complexity index is 463. The highest BCUT2D eigenvalue weighted by atomic mass is 16.5. The molecule has 0 saturated carbocycles. The van der Waals surface area contributed by atoms with Gasteiger partial charge < -0.3 is 9.84 Å². The molecule has 0 spiro atoms. The van der Waals surface area contributed by atoms with Gasteiger partial charge in [-0.1, -0.05) is 0 Å². The van der Waals surface area contributed by atoms with Gasteiger partial charge >= 0.3 is 11.9 Å². The standard InChI is InChI=1S/C14H18O4/c1-9-7-12(14(17)18-3)8-11(10(9)2)5-4-6-13(15)16/h7-8H,4-6H2,1-3H3,(H,15,16). The summed E-state index contributed by atoms with van der Waals surface area (Å²) in [6, 6.07) is 3.58. The first-order chi connectivity index (χ1) is 8.45. The number of hydrogen-bond acceptors (Lipinski definition) is 3. The zero-order valence-corrected chi connectivity index (χ0v) is 10.9. The number of benzene rings is 1. The first-order valence-corrected chi connectivity index (χ1v) is 5.86. The van der Waals surface area contributed by atoms with E-state index in [2.05, 4.69) is 0 Å². The van der Waals surface area contributed by atoms with Crippen molar-refractivity contribution in [3.8, 4) is 0 Å². The van der Waals surface area contributed by atoms with Crippen molar-refractivity contribution < 1.29 is 19.4 Å². The van der Waals surface area contributed by atoms with E-state index in [0.29, 0.717) is 18.4 Å². The van der Waals surface area contributed by atoms with E-state index in [0.717, 1.165) is 16.7 Å². The Labute approximate surface area is 107 Å². The number of hydrogen-bond donors (Lipinski definition) is 1. The minimum Gasteiger partial charge on any atom is -0.481 e. The molecule has 0 aliphatic rings. The molecule has 1 aromatic carbocycles. The molecular formula is C14H18O4. The quantitative estimate of drug-likeness (QED) is 0.815. The molecule has 0 atom stereocenters. The van der Waals surface area contributed by atoms with E-state index in [1.165, 1.54) is 7.11 Å². The van der Waals surface area contributed by atoms with Gasteiger partial charge in [0.25, 0.3) is 0 Å². The molecule has 0 fully saturated rings. The second-order valence-electron chi connectivity index (χ2n) is 4.32. The van der Waals surface area contributed by atoms with Gasteiger partial charge in [-0.15, -0.1) is 0 Å². The van der Waals surface area contributed by atoms with E-state index in [1.807, 2.05) is 13.8 Å². The van der Waals surface area contributed by atoms with Crippen molar-refractivity contribution in [2.24, 2.45) is 0 Å². The fourth-order valence-electron chi connectivity index (χ4n) is 1.86. The van der Waals surface area contributed by atoms with Gasteiger partial charge in [-0.25, -0.2) is 4.79 Å². The lowest BCUT2D eigenvalue weighted by atomic mass is 9.96. The summed E-state index contributed by atoms with van der Waals surface area (Å²) in [4.78, 5) is 22.0. The topological polar surface area (TPSA) is 63.6 Å². The number of carbonyl (C=O) groups is 2. The van der Waals surface area contributed by atoms with Crippen molar-refractivity contribution >= 4 is 11.9 Å². The lowest BCUT2D eigenvalue weighted by Gasteiger charge is -2.11. The minimum absolute atomic E-state index is 0.140. The van der Waals surface area contributed by atoms with Crippen LogP contribution in [-0.2, 0) is 16.0 Å². The molecule has 0 heterocycles. The van der Waals surface area contributed by atoms with Crippen molar-refractivity contribution in [1.82, 2.24) is 0 Å². The van der Waals surface area contributed by atoms with E-state index >= 15 is 0 Å². The Hall–Kier alpha value is -1.84. The van der Waals surface area contributed by atoms with Gasteiger partial charge in [-0.3, -0.25) is 4.79 Å². The monoisotopic (exact) mass is 250 g/mol. The van der Waals surface area contributed by atoms with Crippen molar-refractivity contribution in [1.29, 1.82) is 0 Å². The molecule has 0 radical (unpaired) electrons. The molecule has 98 valence electrons. The number of esters is 1. The number of carbonyl (C=O) groups excluding carboxylic acids is 1. The zero-order chi connectivity index (χ0) is 13.7. The maximum Gasteiger partial charge on any atom is 0.337 e. The van der Waals surface area contributed by atoms with Crippen molar-refractivity contribution in [3.63, 3.8) is 0 Å². The van der Waals surface area contributed by atoms with Crippen molar-refractivity contribution in [3.05, 3.63) is 34.4 Å². The third-order valence-corrected chi connectivity index (χ3v) is 3.03. The summed E-state index contributed by atoms with van der Waals surface area (Å²) in [7, 11) is 1.35. The van der Waals surface area contributed by atoms with Crippen LogP contribution in [0, 0.1) is 13.8 Å². The molecule has 1 N–H and O–H groups in total. The van der Waals surface area contributed by atoms with Crippen LogP contribution in [0.2, 0.25) is 0 Å². The van der Waals surface area contributed by atoms with Crippen LogP contribution in [0.15, 0.2) is 12.1 Å². The highest BCUT2D eigenvalue weighted by molar-refractivity contribution is 5.90.